The molecule has 2 rings (SSSR count). The van der Waals surface area contributed by atoms with Crippen molar-refractivity contribution >= 4 is 5.97 Å². The van der Waals surface area contributed by atoms with Crippen LogP contribution in [0.1, 0.15) is 36.0 Å². The van der Waals surface area contributed by atoms with Gasteiger partial charge in [-0.25, -0.2) is 9.18 Å². The van der Waals surface area contributed by atoms with Gasteiger partial charge in [-0.15, -0.1) is 0 Å². The van der Waals surface area contributed by atoms with Crippen LogP contribution < -0.4 is 4.74 Å². The molecule has 5 heteroatoms. The van der Waals surface area contributed by atoms with E-state index >= 15 is 0 Å². The largest absolute Gasteiger partial charge is 0.489 e. The molecule has 0 spiro atoms. The topological polar surface area (TPSA) is 55.8 Å². The van der Waals surface area contributed by atoms with Gasteiger partial charge in [-0.2, -0.15) is 0 Å². The third kappa shape index (κ3) is 3.23. The first-order valence-electron chi connectivity index (χ1n) is 6.33. The molecule has 0 radical (unpaired) electrons. The molecule has 0 heterocycles. The molecule has 0 aliphatic heterocycles. The molecule has 1 aliphatic carbocycles. The second-order valence-corrected chi connectivity index (χ2v) is 4.68. The van der Waals surface area contributed by atoms with Crippen molar-refractivity contribution in [2.45, 2.75) is 37.9 Å². The lowest BCUT2D eigenvalue weighted by Crippen LogP contribution is -2.30. The molecule has 1 aromatic rings. The maximum absolute atomic E-state index is 13.5. The lowest BCUT2D eigenvalue weighted by molar-refractivity contribution is 0.0203. The Hall–Kier alpha value is -1.62. The summed E-state index contributed by atoms with van der Waals surface area (Å²) in [4.78, 5) is 11.1. The minimum atomic E-state index is -1.31. The summed E-state index contributed by atoms with van der Waals surface area (Å²) in [6, 6.07) is 4.06. The van der Waals surface area contributed by atoms with Crippen LogP contribution >= 0.6 is 0 Å². The highest BCUT2D eigenvalue weighted by Gasteiger charge is 2.25. The number of hydrogen-bond acceptors (Lipinski definition) is 3. The molecule has 1 fully saturated rings. The summed E-state index contributed by atoms with van der Waals surface area (Å²) in [5, 5.41) is 9.03. The van der Waals surface area contributed by atoms with Crippen molar-refractivity contribution in [3.8, 4) is 5.75 Å². The zero-order valence-corrected chi connectivity index (χ0v) is 10.8. The Labute approximate surface area is 111 Å². The van der Waals surface area contributed by atoms with Gasteiger partial charge in [-0.3, -0.25) is 0 Å². The second kappa shape index (κ2) is 6.02. The molecule has 1 aromatic carbocycles. The summed E-state index contributed by atoms with van der Waals surface area (Å²) in [6.07, 6.45) is 3.47. The minimum absolute atomic E-state index is 0.0919. The maximum Gasteiger partial charge on any atom is 0.342 e. The average molecular weight is 268 g/mol. The summed E-state index contributed by atoms with van der Waals surface area (Å²) in [6.45, 7) is 0. The zero-order valence-electron chi connectivity index (χ0n) is 10.8. The fourth-order valence-electron chi connectivity index (χ4n) is 2.41. The Morgan fingerprint density at radius 2 is 2.11 bits per heavy atom. The second-order valence-electron chi connectivity index (χ2n) is 4.68. The number of carbonyl (C=O) groups is 1. The van der Waals surface area contributed by atoms with E-state index in [4.69, 9.17) is 14.6 Å². The van der Waals surface area contributed by atoms with Crippen LogP contribution in [0.15, 0.2) is 18.2 Å². The third-order valence-electron chi connectivity index (χ3n) is 3.39. The van der Waals surface area contributed by atoms with E-state index in [0.29, 0.717) is 6.42 Å². The number of hydrogen-bond donors (Lipinski definition) is 1. The fourth-order valence-corrected chi connectivity index (χ4v) is 2.41. The first-order chi connectivity index (χ1) is 9.11. The van der Waals surface area contributed by atoms with Gasteiger partial charge >= 0.3 is 5.97 Å². The van der Waals surface area contributed by atoms with Gasteiger partial charge in [0.2, 0.25) is 0 Å². The number of carboxylic acids is 1. The van der Waals surface area contributed by atoms with Crippen LogP contribution in [0.3, 0.4) is 0 Å². The molecular formula is C14H17FO4. The quantitative estimate of drug-likeness (QED) is 0.912. The minimum Gasteiger partial charge on any atom is -0.489 e. The highest BCUT2D eigenvalue weighted by atomic mass is 19.1. The van der Waals surface area contributed by atoms with Crippen LogP contribution in [-0.2, 0) is 4.74 Å². The molecule has 1 aliphatic rings. The molecule has 0 bridgehead atoms. The highest BCUT2D eigenvalue weighted by Crippen LogP contribution is 2.28. The Bertz CT molecular complexity index is 461. The van der Waals surface area contributed by atoms with Crippen molar-refractivity contribution in [3.05, 3.63) is 29.6 Å². The van der Waals surface area contributed by atoms with E-state index in [1.54, 1.807) is 7.11 Å². The van der Waals surface area contributed by atoms with Gasteiger partial charge in [0.15, 0.2) is 0 Å². The van der Waals surface area contributed by atoms with Gasteiger partial charge in [0, 0.05) is 13.5 Å². The first kappa shape index (κ1) is 13.8. The third-order valence-corrected chi connectivity index (χ3v) is 3.39. The number of carboxylic acid groups (broad SMARTS) is 1. The molecule has 0 aromatic heterocycles. The Balaban J connectivity index is 2.14. The van der Waals surface area contributed by atoms with Gasteiger partial charge in [-0.1, -0.05) is 6.07 Å². The van der Waals surface area contributed by atoms with Gasteiger partial charge in [0.05, 0.1) is 6.10 Å². The molecule has 4 nitrogen and oxygen atoms in total. The van der Waals surface area contributed by atoms with E-state index in [1.165, 1.54) is 12.1 Å². The van der Waals surface area contributed by atoms with Crippen molar-refractivity contribution in [1.82, 2.24) is 0 Å². The number of benzene rings is 1. The SMILES string of the molecule is COC1CCCC(Oc2cccc(F)c2C(=O)O)C1. The van der Waals surface area contributed by atoms with E-state index < -0.39 is 17.3 Å². The van der Waals surface area contributed by atoms with Crippen LogP contribution in [0.5, 0.6) is 5.75 Å². The molecule has 1 N–H and O–H groups in total. The lowest BCUT2D eigenvalue weighted by atomic mass is 9.95. The van der Waals surface area contributed by atoms with E-state index in [9.17, 15) is 9.18 Å². The monoisotopic (exact) mass is 268 g/mol. The molecule has 19 heavy (non-hydrogen) atoms. The summed E-state index contributed by atoms with van der Waals surface area (Å²) in [5.74, 6) is -1.99. The van der Waals surface area contributed by atoms with Gasteiger partial charge in [0.25, 0.3) is 0 Å². The summed E-state index contributed by atoms with van der Waals surface area (Å²) < 4.78 is 24.5. The van der Waals surface area contributed by atoms with Crippen LogP contribution in [0.2, 0.25) is 0 Å². The summed E-state index contributed by atoms with van der Waals surface area (Å²) in [7, 11) is 1.65. The van der Waals surface area contributed by atoms with Crippen molar-refractivity contribution in [1.29, 1.82) is 0 Å². The van der Waals surface area contributed by atoms with Crippen LogP contribution in [0, 0.1) is 5.82 Å². The lowest BCUT2D eigenvalue weighted by Gasteiger charge is -2.29. The normalized spacial score (nSPS) is 23.1. The van der Waals surface area contributed by atoms with Crippen LogP contribution in [-0.4, -0.2) is 30.4 Å². The number of methoxy groups -OCH3 is 1. The van der Waals surface area contributed by atoms with Gasteiger partial charge in [0.1, 0.15) is 23.2 Å². The maximum atomic E-state index is 13.5. The Morgan fingerprint density at radius 3 is 2.79 bits per heavy atom. The fraction of sp³-hybridized carbons (Fsp3) is 0.500. The first-order valence-corrected chi connectivity index (χ1v) is 6.33. The Morgan fingerprint density at radius 1 is 1.37 bits per heavy atom. The Kier molecular flexibility index (Phi) is 4.37. The summed E-state index contributed by atoms with van der Waals surface area (Å²) >= 11 is 0. The predicted molar refractivity (Wildman–Crippen MR) is 67.0 cm³/mol. The van der Waals surface area contributed by atoms with E-state index in [-0.39, 0.29) is 18.0 Å². The number of halogens is 1. The van der Waals surface area contributed by atoms with E-state index in [0.717, 1.165) is 25.3 Å². The predicted octanol–water partition coefficient (Wildman–Crippen LogP) is 2.86. The van der Waals surface area contributed by atoms with Crippen molar-refractivity contribution in [2.75, 3.05) is 7.11 Å². The molecule has 2 unspecified atom stereocenters. The van der Waals surface area contributed by atoms with Gasteiger partial charge in [-0.05, 0) is 31.4 Å². The zero-order chi connectivity index (χ0) is 13.8. The molecule has 0 amide bonds. The molecule has 1 saturated carbocycles. The van der Waals surface area contributed by atoms with Crippen LogP contribution in [0.25, 0.3) is 0 Å². The molecule has 104 valence electrons. The highest BCUT2D eigenvalue weighted by molar-refractivity contribution is 5.91. The molecular weight excluding hydrogens is 251 g/mol. The molecule has 2 atom stereocenters. The van der Waals surface area contributed by atoms with Crippen LogP contribution in [0.4, 0.5) is 4.39 Å². The van der Waals surface area contributed by atoms with E-state index in [1.807, 2.05) is 0 Å². The van der Waals surface area contributed by atoms with Crippen molar-refractivity contribution in [2.24, 2.45) is 0 Å². The standard InChI is InChI=1S/C14H17FO4/c1-18-9-4-2-5-10(8-9)19-12-7-3-6-11(15)13(12)14(16)17/h3,6-7,9-10H,2,4-5,8H2,1H3,(H,16,17). The van der Waals surface area contributed by atoms with Gasteiger partial charge < -0.3 is 14.6 Å². The van der Waals surface area contributed by atoms with Crippen molar-refractivity contribution in [3.63, 3.8) is 0 Å². The smallest absolute Gasteiger partial charge is 0.342 e. The van der Waals surface area contributed by atoms with E-state index in [2.05, 4.69) is 0 Å². The average Bonchev–Trinajstić information content (AvgIpc) is 2.38. The summed E-state index contributed by atoms with van der Waals surface area (Å²) in [5.41, 5.74) is -0.401. The van der Waals surface area contributed by atoms with Crippen molar-refractivity contribution < 1.29 is 23.8 Å². The number of aromatic carboxylic acids is 1. The number of ether oxygens (including phenoxy) is 2. The number of rotatable bonds is 4. The molecule has 0 saturated heterocycles.